The van der Waals surface area contributed by atoms with Gasteiger partial charge in [0.2, 0.25) is 0 Å². The fourth-order valence-electron chi connectivity index (χ4n) is 2.35. The minimum atomic E-state index is 0.132. The molecule has 0 fully saturated rings. The van der Waals surface area contributed by atoms with E-state index < -0.39 is 0 Å². The number of likely N-dealkylation sites (N-methyl/N-ethyl adjacent to an activating group) is 1. The monoisotopic (exact) mass is 278 g/mol. The smallest absolute Gasteiger partial charge is 0.251 e. The molecular formula is C17H30N2O. The van der Waals surface area contributed by atoms with E-state index in [1.54, 1.807) is 6.07 Å². The second kappa shape index (κ2) is 7.63. The van der Waals surface area contributed by atoms with E-state index in [1.807, 2.05) is 11.5 Å². The van der Waals surface area contributed by atoms with E-state index in [2.05, 4.69) is 46.0 Å². The van der Waals surface area contributed by atoms with Gasteiger partial charge in [-0.2, -0.15) is 0 Å². The molecule has 0 aromatic carbocycles. The molecule has 0 aliphatic carbocycles. The van der Waals surface area contributed by atoms with Crippen LogP contribution in [0.2, 0.25) is 0 Å². The van der Waals surface area contributed by atoms with Gasteiger partial charge in [-0.05, 0) is 64.3 Å². The molecule has 0 saturated heterocycles. The van der Waals surface area contributed by atoms with Crippen LogP contribution < -0.4 is 5.56 Å². The summed E-state index contributed by atoms with van der Waals surface area (Å²) in [6.07, 6.45) is 5.30. The lowest BCUT2D eigenvalue weighted by Crippen LogP contribution is -2.25. The summed E-state index contributed by atoms with van der Waals surface area (Å²) in [5, 5.41) is 0. The number of hydrogen-bond donors (Lipinski definition) is 0. The van der Waals surface area contributed by atoms with Gasteiger partial charge in [0.25, 0.3) is 5.56 Å². The Morgan fingerprint density at radius 1 is 1.20 bits per heavy atom. The maximum Gasteiger partial charge on any atom is 0.251 e. The number of nitrogens with zero attached hydrogens (tertiary/aromatic N) is 2. The summed E-state index contributed by atoms with van der Waals surface area (Å²) in [5.41, 5.74) is 2.53. The highest BCUT2D eigenvalue weighted by atomic mass is 16.1. The van der Waals surface area contributed by atoms with E-state index >= 15 is 0 Å². The summed E-state index contributed by atoms with van der Waals surface area (Å²) in [4.78, 5) is 14.3. The molecule has 1 unspecified atom stereocenters. The topological polar surface area (TPSA) is 25.2 Å². The van der Waals surface area contributed by atoms with E-state index in [-0.39, 0.29) is 11.6 Å². The lowest BCUT2D eigenvalue weighted by molar-refractivity contribution is 0.408. The van der Waals surface area contributed by atoms with Crippen molar-refractivity contribution in [3.8, 4) is 0 Å². The van der Waals surface area contributed by atoms with Gasteiger partial charge in [0.05, 0.1) is 0 Å². The Kier molecular flexibility index (Phi) is 6.47. The van der Waals surface area contributed by atoms with Crippen LogP contribution in [0.5, 0.6) is 0 Å². The number of aromatic nitrogens is 1. The van der Waals surface area contributed by atoms with Gasteiger partial charge < -0.3 is 9.47 Å². The predicted octanol–water partition coefficient (Wildman–Crippen LogP) is 3.26. The fourth-order valence-corrected chi connectivity index (χ4v) is 2.35. The van der Waals surface area contributed by atoms with Crippen molar-refractivity contribution in [2.24, 2.45) is 5.92 Å². The van der Waals surface area contributed by atoms with Crippen LogP contribution in [0.4, 0.5) is 0 Å². The highest BCUT2D eigenvalue weighted by molar-refractivity contribution is 5.23. The Balaban J connectivity index is 2.90. The average Bonchev–Trinajstić information content (AvgIpc) is 2.34. The SMILES string of the molecule is Cc1cc(=O)n(C(C)CCC(C)C)cc1CCN(C)C. The molecule has 0 bridgehead atoms. The van der Waals surface area contributed by atoms with E-state index in [0.29, 0.717) is 5.92 Å². The summed E-state index contributed by atoms with van der Waals surface area (Å²) >= 11 is 0. The zero-order chi connectivity index (χ0) is 15.3. The molecule has 1 aromatic rings. The van der Waals surface area contributed by atoms with Gasteiger partial charge in [-0.3, -0.25) is 4.79 Å². The van der Waals surface area contributed by atoms with Crippen molar-refractivity contribution in [2.75, 3.05) is 20.6 Å². The molecule has 1 rings (SSSR count). The Morgan fingerprint density at radius 3 is 2.40 bits per heavy atom. The summed E-state index contributed by atoms with van der Waals surface area (Å²) in [7, 11) is 4.16. The summed E-state index contributed by atoms with van der Waals surface area (Å²) < 4.78 is 1.92. The first kappa shape index (κ1) is 17.0. The molecule has 1 aromatic heterocycles. The molecule has 0 saturated carbocycles. The molecule has 114 valence electrons. The molecular weight excluding hydrogens is 248 g/mol. The Morgan fingerprint density at radius 2 is 1.85 bits per heavy atom. The second-order valence-corrected chi connectivity index (χ2v) is 6.60. The number of pyridine rings is 1. The number of aryl methyl sites for hydroxylation is 1. The highest BCUT2D eigenvalue weighted by Gasteiger charge is 2.10. The third-order valence-electron chi connectivity index (χ3n) is 3.86. The van der Waals surface area contributed by atoms with Gasteiger partial charge in [0.15, 0.2) is 0 Å². The van der Waals surface area contributed by atoms with E-state index in [4.69, 9.17) is 0 Å². The summed E-state index contributed by atoms with van der Waals surface area (Å²) in [5.74, 6) is 0.687. The van der Waals surface area contributed by atoms with Crippen molar-refractivity contribution in [1.82, 2.24) is 9.47 Å². The van der Waals surface area contributed by atoms with Crippen LogP contribution in [-0.4, -0.2) is 30.1 Å². The van der Waals surface area contributed by atoms with E-state index in [0.717, 1.165) is 31.4 Å². The van der Waals surface area contributed by atoms with Crippen molar-refractivity contribution < 1.29 is 0 Å². The predicted molar refractivity (Wildman–Crippen MR) is 86.5 cm³/mol. The molecule has 0 aliphatic heterocycles. The first-order valence-electron chi connectivity index (χ1n) is 7.67. The molecule has 0 N–H and O–H groups in total. The molecule has 1 heterocycles. The maximum absolute atomic E-state index is 12.2. The Bertz CT molecular complexity index is 474. The molecule has 0 radical (unpaired) electrons. The standard InChI is InChI=1S/C17H30N2O/c1-13(2)7-8-15(4)19-12-16(9-10-18(5)6)14(3)11-17(19)20/h11-13,15H,7-10H2,1-6H3. The molecule has 3 heteroatoms. The lowest BCUT2D eigenvalue weighted by Gasteiger charge is -2.19. The minimum Gasteiger partial charge on any atom is -0.312 e. The first-order chi connectivity index (χ1) is 9.31. The maximum atomic E-state index is 12.2. The van der Waals surface area contributed by atoms with Crippen LogP contribution in [0, 0.1) is 12.8 Å². The van der Waals surface area contributed by atoms with Gasteiger partial charge in [-0.15, -0.1) is 0 Å². The normalized spacial score (nSPS) is 13.2. The van der Waals surface area contributed by atoms with Gasteiger partial charge in [-0.25, -0.2) is 0 Å². The zero-order valence-electron chi connectivity index (χ0n) is 13.9. The van der Waals surface area contributed by atoms with Crippen LogP contribution in [0.1, 0.15) is 50.8 Å². The van der Waals surface area contributed by atoms with Crippen LogP contribution in [-0.2, 0) is 6.42 Å². The highest BCUT2D eigenvalue weighted by Crippen LogP contribution is 2.17. The van der Waals surface area contributed by atoms with E-state index in [1.165, 1.54) is 5.56 Å². The Hall–Kier alpha value is -1.09. The third-order valence-corrected chi connectivity index (χ3v) is 3.86. The molecule has 20 heavy (non-hydrogen) atoms. The van der Waals surface area contributed by atoms with Gasteiger partial charge in [0.1, 0.15) is 0 Å². The van der Waals surface area contributed by atoms with Crippen LogP contribution in [0.25, 0.3) is 0 Å². The summed E-state index contributed by atoms with van der Waals surface area (Å²) in [6, 6.07) is 2.07. The number of hydrogen-bond acceptors (Lipinski definition) is 2. The van der Waals surface area contributed by atoms with Crippen molar-refractivity contribution in [3.63, 3.8) is 0 Å². The van der Waals surface area contributed by atoms with Gasteiger partial charge >= 0.3 is 0 Å². The van der Waals surface area contributed by atoms with Crippen LogP contribution in [0.15, 0.2) is 17.1 Å². The number of rotatable bonds is 7. The van der Waals surface area contributed by atoms with Gasteiger partial charge in [-0.1, -0.05) is 13.8 Å². The third kappa shape index (κ3) is 5.12. The van der Waals surface area contributed by atoms with Crippen molar-refractivity contribution >= 4 is 0 Å². The van der Waals surface area contributed by atoms with Crippen molar-refractivity contribution in [1.29, 1.82) is 0 Å². The van der Waals surface area contributed by atoms with Gasteiger partial charge in [0, 0.05) is 24.8 Å². The zero-order valence-corrected chi connectivity index (χ0v) is 13.9. The summed E-state index contributed by atoms with van der Waals surface area (Å²) in [6.45, 7) is 9.66. The largest absolute Gasteiger partial charge is 0.312 e. The fraction of sp³-hybridized carbons (Fsp3) is 0.706. The first-order valence-corrected chi connectivity index (χ1v) is 7.67. The van der Waals surface area contributed by atoms with Crippen molar-refractivity contribution in [3.05, 3.63) is 33.7 Å². The van der Waals surface area contributed by atoms with E-state index in [9.17, 15) is 4.79 Å². The molecule has 0 amide bonds. The van der Waals surface area contributed by atoms with Crippen molar-refractivity contribution in [2.45, 2.75) is 53.0 Å². The second-order valence-electron chi connectivity index (χ2n) is 6.60. The molecule has 1 atom stereocenters. The minimum absolute atomic E-state index is 0.132. The Labute approximate surface area is 123 Å². The average molecular weight is 278 g/mol. The van der Waals surface area contributed by atoms with Crippen LogP contribution in [0.3, 0.4) is 0 Å². The molecule has 0 aliphatic rings. The molecule has 3 nitrogen and oxygen atoms in total. The lowest BCUT2D eigenvalue weighted by atomic mass is 10.0. The van der Waals surface area contributed by atoms with Crippen LogP contribution >= 0.6 is 0 Å². The quantitative estimate of drug-likeness (QED) is 0.765. The molecule has 0 spiro atoms.